The van der Waals surface area contributed by atoms with E-state index in [1.165, 1.54) is 0 Å². The van der Waals surface area contributed by atoms with Gasteiger partial charge in [-0.1, -0.05) is 19.1 Å². The van der Waals surface area contributed by atoms with Crippen molar-refractivity contribution in [3.8, 4) is 0 Å². The van der Waals surface area contributed by atoms with Gasteiger partial charge in [0.05, 0.1) is 11.5 Å². The normalized spacial score (nSPS) is 20.9. The molecule has 0 amide bonds. The quantitative estimate of drug-likeness (QED) is 0.918. The van der Waals surface area contributed by atoms with E-state index < -0.39 is 10.0 Å². The minimum Gasteiger partial charge on any atom is -0.392 e. The summed E-state index contributed by atoms with van der Waals surface area (Å²) in [5, 5.41) is 9.20. The summed E-state index contributed by atoms with van der Waals surface area (Å²) >= 11 is 0. The molecule has 1 unspecified atom stereocenters. The average molecular weight is 283 g/mol. The van der Waals surface area contributed by atoms with Gasteiger partial charge in [-0.25, -0.2) is 8.42 Å². The Bertz CT molecular complexity index is 554. The fourth-order valence-electron chi connectivity index (χ4n) is 2.62. The van der Waals surface area contributed by atoms with Crippen LogP contribution in [0.3, 0.4) is 0 Å². The van der Waals surface area contributed by atoms with Crippen LogP contribution in [0.25, 0.3) is 0 Å². The molecule has 0 aliphatic carbocycles. The van der Waals surface area contributed by atoms with Gasteiger partial charge in [0.25, 0.3) is 0 Å². The highest BCUT2D eigenvalue weighted by molar-refractivity contribution is 7.89. The van der Waals surface area contributed by atoms with E-state index in [1.807, 2.05) is 13.8 Å². The van der Waals surface area contributed by atoms with E-state index in [4.69, 9.17) is 0 Å². The first-order valence-corrected chi connectivity index (χ1v) is 8.19. The van der Waals surface area contributed by atoms with E-state index in [-0.39, 0.29) is 12.6 Å². The summed E-state index contributed by atoms with van der Waals surface area (Å²) in [6.45, 7) is 4.35. The molecule has 0 spiro atoms. The predicted molar refractivity (Wildman–Crippen MR) is 74.3 cm³/mol. The van der Waals surface area contributed by atoms with Crippen LogP contribution < -0.4 is 0 Å². The Balaban J connectivity index is 2.49. The van der Waals surface area contributed by atoms with E-state index in [0.717, 1.165) is 18.4 Å². The molecule has 1 atom stereocenters. The van der Waals surface area contributed by atoms with Crippen LogP contribution in [-0.2, 0) is 23.1 Å². The molecule has 1 aliphatic heterocycles. The van der Waals surface area contributed by atoms with Crippen molar-refractivity contribution in [3.05, 3.63) is 29.3 Å². The van der Waals surface area contributed by atoms with Gasteiger partial charge in [0.1, 0.15) is 0 Å². The van der Waals surface area contributed by atoms with E-state index in [2.05, 4.69) is 0 Å². The van der Waals surface area contributed by atoms with Crippen molar-refractivity contribution >= 4 is 10.0 Å². The summed E-state index contributed by atoms with van der Waals surface area (Å²) in [7, 11) is -3.44. The van der Waals surface area contributed by atoms with Gasteiger partial charge in [0.2, 0.25) is 10.0 Å². The Kier molecular flexibility index (Phi) is 4.28. The van der Waals surface area contributed by atoms with Crippen molar-refractivity contribution in [3.63, 3.8) is 0 Å². The lowest BCUT2D eigenvalue weighted by Crippen LogP contribution is -2.34. The fraction of sp³-hybridized carbons (Fsp3) is 0.571. The van der Waals surface area contributed by atoms with Crippen LogP contribution in [0.5, 0.6) is 0 Å². The highest BCUT2D eigenvalue weighted by Gasteiger charge is 2.33. The lowest BCUT2D eigenvalue weighted by molar-refractivity contribution is 0.281. The molecular formula is C14H21NO3S. The first kappa shape index (κ1) is 14.5. The number of aliphatic hydroxyl groups excluding tert-OH is 1. The van der Waals surface area contributed by atoms with Gasteiger partial charge in [-0.2, -0.15) is 4.31 Å². The predicted octanol–water partition coefficient (Wildman–Crippen LogP) is 1.91. The molecule has 1 aliphatic rings. The van der Waals surface area contributed by atoms with Crippen LogP contribution in [0.4, 0.5) is 0 Å². The Morgan fingerprint density at radius 2 is 2.16 bits per heavy atom. The smallest absolute Gasteiger partial charge is 0.243 e. The SMILES string of the molecule is CCc1ccc(CO)cc1S(=O)(=O)N1CCCC1C. The third kappa shape index (κ3) is 2.68. The van der Waals surface area contributed by atoms with Crippen molar-refractivity contribution in [2.24, 2.45) is 0 Å². The molecule has 0 aromatic heterocycles. The molecule has 0 bridgehead atoms. The van der Waals surface area contributed by atoms with Crippen LogP contribution in [0, 0.1) is 0 Å². The zero-order chi connectivity index (χ0) is 14.0. The van der Waals surface area contributed by atoms with Gasteiger partial charge >= 0.3 is 0 Å². The molecule has 1 aromatic carbocycles. The van der Waals surface area contributed by atoms with Crippen molar-refractivity contribution in [1.82, 2.24) is 4.31 Å². The molecule has 19 heavy (non-hydrogen) atoms. The monoisotopic (exact) mass is 283 g/mol. The molecule has 1 heterocycles. The number of hydrogen-bond donors (Lipinski definition) is 1. The molecule has 106 valence electrons. The summed E-state index contributed by atoms with van der Waals surface area (Å²) in [5.74, 6) is 0. The molecule has 1 aromatic rings. The number of benzene rings is 1. The molecule has 0 radical (unpaired) electrons. The lowest BCUT2D eigenvalue weighted by Gasteiger charge is -2.22. The number of sulfonamides is 1. The topological polar surface area (TPSA) is 57.6 Å². The van der Waals surface area contributed by atoms with Gasteiger partial charge in [-0.15, -0.1) is 0 Å². The maximum atomic E-state index is 12.7. The number of nitrogens with zero attached hydrogens (tertiary/aromatic N) is 1. The molecule has 5 heteroatoms. The minimum atomic E-state index is -3.44. The van der Waals surface area contributed by atoms with Crippen LogP contribution in [0.15, 0.2) is 23.1 Å². The van der Waals surface area contributed by atoms with Gasteiger partial charge in [-0.3, -0.25) is 0 Å². The van der Waals surface area contributed by atoms with Crippen LogP contribution in [0.1, 0.15) is 37.8 Å². The second-order valence-electron chi connectivity index (χ2n) is 5.06. The largest absolute Gasteiger partial charge is 0.392 e. The van der Waals surface area contributed by atoms with Gasteiger partial charge < -0.3 is 5.11 Å². The van der Waals surface area contributed by atoms with Gasteiger partial charge in [0, 0.05) is 12.6 Å². The van der Waals surface area contributed by atoms with Crippen molar-refractivity contribution in [2.45, 2.75) is 50.7 Å². The number of hydrogen-bond acceptors (Lipinski definition) is 3. The Morgan fingerprint density at radius 1 is 1.42 bits per heavy atom. The summed E-state index contributed by atoms with van der Waals surface area (Å²) in [6, 6.07) is 5.26. The van der Waals surface area contributed by atoms with Crippen LogP contribution in [0.2, 0.25) is 0 Å². The molecule has 4 nitrogen and oxygen atoms in total. The molecule has 1 fully saturated rings. The van der Waals surface area contributed by atoms with Crippen molar-refractivity contribution in [1.29, 1.82) is 0 Å². The van der Waals surface area contributed by atoms with Crippen LogP contribution >= 0.6 is 0 Å². The van der Waals surface area contributed by atoms with E-state index >= 15 is 0 Å². The highest BCUT2D eigenvalue weighted by atomic mass is 32.2. The third-order valence-corrected chi connectivity index (χ3v) is 5.87. The third-order valence-electron chi connectivity index (χ3n) is 3.77. The number of aryl methyl sites for hydroxylation is 1. The zero-order valence-corrected chi connectivity index (χ0v) is 12.3. The highest BCUT2D eigenvalue weighted by Crippen LogP contribution is 2.28. The average Bonchev–Trinajstić information content (AvgIpc) is 2.85. The maximum absolute atomic E-state index is 12.7. The fourth-order valence-corrected chi connectivity index (χ4v) is 4.67. The Labute approximate surface area is 115 Å². The molecule has 2 rings (SSSR count). The summed E-state index contributed by atoms with van der Waals surface area (Å²) in [6.07, 6.45) is 2.50. The molecule has 0 saturated carbocycles. The second-order valence-corrected chi connectivity index (χ2v) is 6.92. The number of aliphatic hydroxyl groups is 1. The number of rotatable bonds is 4. The maximum Gasteiger partial charge on any atom is 0.243 e. The van der Waals surface area contributed by atoms with E-state index in [0.29, 0.717) is 23.4 Å². The summed E-state index contributed by atoms with van der Waals surface area (Å²) in [4.78, 5) is 0.357. The Hall–Kier alpha value is -0.910. The summed E-state index contributed by atoms with van der Waals surface area (Å²) in [5.41, 5.74) is 1.46. The first-order valence-electron chi connectivity index (χ1n) is 6.75. The summed E-state index contributed by atoms with van der Waals surface area (Å²) < 4.78 is 27.1. The van der Waals surface area contributed by atoms with Gasteiger partial charge in [0.15, 0.2) is 0 Å². The molecular weight excluding hydrogens is 262 g/mol. The zero-order valence-electron chi connectivity index (χ0n) is 11.5. The van der Waals surface area contributed by atoms with Crippen molar-refractivity contribution in [2.75, 3.05) is 6.54 Å². The lowest BCUT2D eigenvalue weighted by atomic mass is 10.1. The van der Waals surface area contributed by atoms with Gasteiger partial charge in [-0.05, 0) is 43.4 Å². The second kappa shape index (κ2) is 5.61. The minimum absolute atomic E-state index is 0.0625. The van der Waals surface area contributed by atoms with E-state index in [9.17, 15) is 13.5 Å². The van der Waals surface area contributed by atoms with Crippen LogP contribution in [-0.4, -0.2) is 30.4 Å². The standard InChI is InChI=1S/C14H21NO3S/c1-3-13-7-6-12(10-16)9-14(13)19(17,18)15-8-4-5-11(15)2/h6-7,9,11,16H,3-5,8,10H2,1-2H3. The van der Waals surface area contributed by atoms with Crippen molar-refractivity contribution < 1.29 is 13.5 Å². The molecule has 1 saturated heterocycles. The van der Waals surface area contributed by atoms with E-state index in [1.54, 1.807) is 22.5 Å². The molecule has 1 N–H and O–H groups in total. The first-order chi connectivity index (χ1) is 9.00. The Morgan fingerprint density at radius 3 is 2.68 bits per heavy atom.